The second kappa shape index (κ2) is 5.40. The Morgan fingerprint density at radius 2 is 1.56 bits per heavy atom. The molecule has 1 nitrogen and oxygen atoms in total. The van der Waals surface area contributed by atoms with Crippen LogP contribution in [0.15, 0.2) is 24.3 Å². The zero-order valence-corrected chi connectivity index (χ0v) is 12.1. The van der Waals surface area contributed by atoms with Crippen LogP contribution in [0.1, 0.15) is 53.0 Å². The van der Waals surface area contributed by atoms with Gasteiger partial charge in [0.2, 0.25) is 0 Å². The summed E-state index contributed by atoms with van der Waals surface area (Å²) in [4.78, 5) is 0. The molecule has 0 fully saturated rings. The summed E-state index contributed by atoms with van der Waals surface area (Å²) < 4.78 is 12.9. The quantitative estimate of drug-likeness (QED) is 0.847. The van der Waals surface area contributed by atoms with E-state index in [2.05, 4.69) is 20.8 Å². The van der Waals surface area contributed by atoms with Crippen LogP contribution in [0.5, 0.6) is 0 Å². The predicted octanol–water partition coefficient (Wildman–Crippen LogP) is 4.29. The van der Waals surface area contributed by atoms with Gasteiger partial charge < -0.3 is 5.11 Å². The first kappa shape index (κ1) is 15.2. The first-order valence-corrected chi connectivity index (χ1v) is 6.57. The summed E-state index contributed by atoms with van der Waals surface area (Å²) in [5.41, 5.74) is 0.851. The molecular formula is C16H25FO. The maximum Gasteiger partial charge on any atom is 0.123 e. The first-order valence-electron chi connectivity index (χ1n) is 6.57. The molecular weight excluding hydrogens is 227 g/mol. The molecule has 0 radical (unpaired) electrons. The summed E-state index contributed by atoms with van der Waals surface area (Å²) in [6.07, 6.45) is 1.31. The minimum atomic E-state index is -0.415. The van der Waals surface area contributed by atoms with Crippen molar-refractivity contribution in [3.8, 4) is 0 Å². The van der Waals surface area contributed by atoms with E-state index in [1.54, 1.807) is 12.1 Å². The van der Waals surface area contributed by atoms with E-state index >= 15 is 0 Å². The molecule has 2 heteroatoms. The van der Waals surface area contributed by atoms with Gasteiger partial charge in [0, 0.05) is 5.41 Å². The third-order valence-corrected chi connectivity index (χ3v) is 3.59. The van der Waals surface area contributed by atoms with E-state index in [1.807, 2.05) is 13.8 Å². The number of rotatable bonds is 4. The average molecular weight is 252 g/mol. The molecule has 18 heavy (non-hydrogen) atoms. The Bertz CT molecular complexity index is 373. The van der Waals surface area contributed by atoms with E-state index in [4.69, 9.17) is 0 Å². The van der Waals surface area contributed by atoms with Crippen molar-refractivity contribution >= 4 is 0 Å². The van der Waals surface area contributed by atoms with Crippen LogP contribution in [0.3, 0.4) is 0 Å². The molecule has 0 saturated carbocycles. The lowest BCUT2D eigenvalue weighted by atomic mass is 9.76. The Morgan fingerprint density at radius 3 is 2.00 bits per heavy atom. The Morgan fingerprint density at radius 1 is 1.06 bits per heavy atom. The zero-order chi connectivity index (χ0) is 14.0. The van der Waals surface area contributed by atoms with Crippen molar-refractivity contribution in [1.29, 1.82) is 0 Å². The molecule has 0 spiro atoms. The fourth-order valence-electron chi connectivity index (χ4n) is 2.00. The van der Waals surface area contributed by atoms with Gasteiger partial charge in [0.15, 0.2) is 0 Å². The minimum Gasteiger partial charge on any atom is -0.392 e. The number of hydrogen-bond donors (Lipinski definition) is 1. The van der Waals surface area contributed by atoms with Crippen LogP contribution in [0.4, 0.5) is 4.39 Å². The van der Waals surface area contributed by atoms with Crippen molar-refractivity contribution in [2.24, 2.45) is 5.41 Å². The highest BCUT2D eigenvalue weighted by molar-refractivity contribution is 5.25. The SMILES string of the molecule is CC(C)(C)CCC(O)C(C)(C)c1ccc(F)cc1. The smallest absolute Gasteiger partial charge is 0.123 e. The predicted molar refractivity (Wildman–Crippen MR) is 74.1 cm³/mol. The van der Waals surface area contributed by atoms with Crippen LogP contribution in [0, 0.1) is 11.2 Å². The maximum atomic E-state index is 12.9. The summed E-state index contributed by atoms with van der Waals surface area (Å²) in [5, 5.41) is 10.4. The van der Waals surface area contributed by atoms with Crippen molar-refractivity contribution in [3.63, 3.8) is 0 Å². The van der Waals surface area contributed by atoms with Crippen LogP contribution in [0.2, 0.25) is 0 Å². The highest BCUT2D eigenvalue weighted by Gasteiger charge is 2.30. The van der Waals surface area contributed by atoms with E-state index in [0.717, 1.165) is 18.4 Å². The molecule has 0 aliphatic heterocycles. The van der Waals surface area contributed by atoms with Gasteiger partial charge in [-0.2, -0.15) is 0 Å². The van der Waals surface area contributed by atoms with Crippen molar-refractivity contribution in [1.82, 2.24) is 0 Å². The molecule has 1 N–H and O–H groups in total. The summed E-state index contributed by atoms with van der Waals surface area (Å²) in [7, 11) is 0. The standard InChI is InChI=1S/C16H25FO/c1-15(2,3)11-10-14(18)16(4,5)12-6-8-13(17)9-7-12/h6-9,14,18H,10-11H2,1-5H3. The summed E-state index contributed by atoms with van der Waals surface area (Å²) in [6.45, 7) is 10.5. The summed E-state index contributed by atoms with van der Waals surface area (Å²) >= 11 is 0. The molecule has 1 rings (SSSR count). The fraction of sp³-hybridized carbons (Fsp3) is 0.625. The zero-order valence-electron chi connectivity index (χ0n) is 12.1. The van der Waals surface area contributed by atoms with Crippen LogP contribution >= 0.6 is 0 Å². The molecule has 1 unspecified atom stereocenters. The van der Waals surface area contributed by atoms with Crippen LogP contribution in [0.25, 0.3) is 0 Å². The normalized spacial score (nSPS) is 14.6. The van der Waals surface area contributed by atoms with Crippen LogP contribution < -0.4 is 0 Å². The summed E-state index contributed by atoms with van der Waals surface area (Å²) in [5.74, 6) is -0.237. The van der Waals surface area contributed by atoms with Crippen molar-refractivity contribution in [2.75, 3.05) is 0 Å². The van der Waals surface area contributed by atoms with E-state index in [-0.39, 0.29) is 16.6 Å². The Balaban J connectivity index is 2.76. The lowest BCUT2D eigenvalue weighted by Gasteiger charge is -2.33. The number of hydrogen-bond acceptors (Lipinski definition) is 1. The van der Waals surface area contributed by atoms with Gasteiger partial charge in [0.25, 0.3) is 0 Å². The molecule has 1 aromatic carbocycles. The Hall–Kier alpha value is -0.890. The molecule has 0 heterocycles. The Kier molecular flexibility index (Phi) is 4.55. The number of aliphatic hydroxyl groups excluding tert-OH is 1. The van der Waals surface area contributed by atoms with Gasteiger partial charge in [0.1, 0.15) is 5.82 Å². The van der Waals surface area contributed by atoms with Gasteiger partial charge in [-0.05, 0) is 36.0 Å². The maximum absolute atomic E-state index is 12.9. The second-order valence-corrected chi connectivity index (χ2v) is 6.84. The lowest BCUT2D eigenvalue weighted by molar-refractivity contribution is 0.0790. The van der Waals surface area contributed by atoms with E-state index in [1.165, 1.54) is 12.1 Å². The van der Waals surface area contributed by atoms with Crippen LogP contribution in [-0.2, 0) is 5.41 Å². The highest BCUT2D eigenvalue weighted by atomic mass is 19.1. The molecule has 0 amide bonds. The van der Waals surface area contributed by atoms with Crippen LogP contribution in [-0.4, -0.2) is 11.2 Å². The molecule has 102 valence electrons. The topological polar surface area (TPSA) is 20.2 Å². The molecule has 1 aromatic rings. The summed E-state index contributed by atoms with van der Waals surface area (Å²) in [6, 6.07) is 6.42. The monoisotopic (exact) mass is 252 g/mol. The number of halogens is 1. The van der Waals surface area contributed by atoms with E-state index < -0.39 is 6.10 Å². The molecule has 0 bridgehead atoms. The Labute approximate surface area is 110 Å². The molecule has 0 aliphatic rings. The van der Waals surface area contributed by atoms with E-state index in [9.17, 15) is 9.50 Å². The first-order chi connectivity index (χ1) is 8.13. The minimum absolute atomic E-state index is 0.222. The van der Waals surface area contributed by atoms with Gasteiger partial charge in [-0.25, -0.2) is 4.39 Å². The molecule has 1 atom stereocenters. The highest BCUT2D eigenvalue weighted by Crippen LogP contribution is 2.32. The van der Waals surface area contributed by atoms with Gasteiger partial charge in [-0.1, -0.05) is 46.8 Å². The molecule has 0 aromatic heterocycles. The number of aliphatic hydroxyl groups is 1. The van der Waals surface area contributed by atoms with Gasteiger partial charge in [-0.3, -0.25) is 0 Å². The molecule has 0 aliphatic carbocycles. The van der Waals surface area contributed by atoms with Crippen molar-refractivity contribution in [2.45, 2.75) is 59.0 Å². The van der Waals surface area contributed by atoms with Crippen molar-refractivity contribution in [3.05, 3.63) is 35.6 Å². The third-order valence-electron chi connectivity index (χ3n) is 3.59. The van der Waals surface area contributed by atoms with Gasteiger partial charge >= 0.3 is 0 Å². The van der Waals surface area contributed by atoms with Gasteiger partial charge in [0.05, 0.1) is 6.10 Å². The molecule has 0 saturated heterocycles. The van der Waals surface area contributed by atoms with Gasteiger partial charge in [-0.15, -0.1) is 0 Å². The fourth-order valence-corrected chi connectivity index (χ4v) is 2.00. The average Bonchev–Trinajstić information content (AvgIpc) is 2.25. The largest absolute Gasteiger partial charge is 0.392 e. The third kappa shape index (κ3) is 4.09. The number of benzene rings is 1. The lowest BCUT2D eigenvalue weighted by Crippen LogP contribution is -2.34. The second-order valence-electron chi connectivity index (χ2n) is 6.84. The van der Waals surface area contributed by atoms with E-state index in [0.29, 0.717) is 0 Å². The van der Waals surface area contributed by atoms with Crippen molar-refractivity contribution < 1.29 is 9.50 Å².